The highest BCUT2D eigenvalue weighted by atomic mass is 35.5. The molecule has 2 rings (SSSR count). The first-order chi connectivity index (χ1) is 9.15. The van der Waals surface area contributed by atoms with Crippen molar-refractivity contribution in [1.82, 2.24) is 20.2 Å². The lowest BCUT2D eigenvalue weighted by atomic mass is 10.2. The van der Waals surface area contributed by atoms with Gasteiger partial charge in [-0.3, -0.25) is 4.79 Å². The highest BCUT2D eigenvalue weighted by Gasteiger charge is 2.02. The van der Waals surface area contributed by atoms with Gasteiger partial charge in [0, 0.05) is 10.6 Å². The lowest BCUT2D eigenvalue weighted by molar-refractivity contribution is -0.121. The minimum atomic E-state index is -0.313. The standard InChI is InChI=1S/C11H9Cl2N5O/c12-9-2-1-8(10(13)3-9)4-15-17-11(19)5-18-7-14-6-16-18/h1-4,6-7H,5H2,(H,17,19)/b15-4-. The summed E-state index contributed by atoms with van der Waals surface area (Å²) in [5.74, 6) is -0.313. The molecule has 0 spiro atoms. The first kappa shape index (κ1) is 13.5. The Morgan fingerprint density at radius 2 is 2.32 bits per heavy atom. The van der Waals surface area contributed by atoms with Crippen LogP contribution in [0.3, 0.4) is 0 Å². The number of nitrogens with zero attached hydrogens (tertiary/aromatic N) is 4. The van der Waals surface area contributed by atoms with Crippen molar-refractivity contribution in [3.8, 4) is 0 Å². The van der Waals surface area contributed by atoms with Crippen LogP contribution in [0.25, 0.3) is 0 Å². The molecule has 19 heavy (non-hydrogen) atoms. The molecule has 0 aliphatic rings. The van der Waals surface area contributed by atoms with Gasteiger partial charge in [0.2, 0.25) is 0 Å². The van der Waals surface area contributed by atoms with Gasteiger partial charge in [0.1, 0.15) is 19.2 Å². The Hall–Kier alpha value is -1.92. The van der Waals surface area contributed by atoms with E-state index in [1.807, 2.05) is 0 Å². The molecule has 0 radical (unpaired) electrons. The molecule has 0 aliphatic carbocycles. The highest BCUT2D eigenvalue weighted by Crippen LogP contribution is 2.19. The summed E-state index contributed by atoms with van der Waals surface area (Å²) < 4.78 is 1.39. The van der Waals surface area contributed by atoms with Gasteiger partial charge in [-0.2, -0.15) is 10.2 Å². The maximum Gasteiger partial charge on any atom is 0.261 e. The smallest absolute Gasteiger partial charge is 0.261 e. The summed E-state index contributed by atoms with van der Waals surface area (Å²) in [6.45, 7) is 0.0473. The minimum Gasteiger partial charge on any atom is -0.271 e. The Labute approximate surface area is 119 Å². The van der Waals surface area contributed by atoms with Gasteiger partial charge in [-0.25, -0.2) is 15.1 Å². The molecule has 1 amide bonds. The zero-order valence-corrected chi connectivity index (χ0v) is 11.1. The molecule has 0 atom stereocenters. The summed E-state index contributed by atoms with van der Waals surface area (Å²) in [6.07, 6.45) is 4.24. The summed E-state index contributed by atoms with van der Waals surface area (Å²) in [4.78, 5) is 15.2. The van der Waals surface area contributed by atoms with Crippen LogP contribution in [-0.2, 0) is 11.3 Å². The number of hydrazone groups is 1. The molecule has 0 fully saturated rings. The molecular formula is C11H9Cl2N5O. The van der Waals surface area contributed by atoms with Gasteiger partial charge in [0.05, 0.1) is 11.2 Å². The monoisotopic (exact) mass is 297 g/mol. The molecule has 0 aliphatic heterocycles. The Bertz CT molecular complexity index is 597. The van der Waals surface area contributed by atoms with E-state index in [0.29, 0.717) is 15.6 Å². The van der Waals surface area contributed by atoms with E-state index in [4.69, 9.17) is 23.2 Å². The van der Waals surface area contributed by atoms with Crippen LogP contribution in [0.5, 0.6) is 0 Å². The molecule has 0 saturated carbocycles. The molecule has 8 heteroatoms. The zero-order chi connectivity index (χ0) is 13.7. The van der Waals surface area contributed by atoms with Crippen molar-refractivity contribution in [3.05, 3.63) is 46.5 Å². The third-order valence-electron chi connectivity index (χ3n) is 2.13. The predicted octanol–water partition coefficient (Wildman–Crippen LogP) is 1.74. The zero-order valence-electron chi connectivity index (χ0n) is 9.62. The van der Waals surface area contributed by atoms with Crippen LogP contribution in [0.2, 0.25) is 10.0 Å². The lowest BCUT2D eigenvalue weighted by Gasteiger charge is -2.00. The molecule has 0 unspecified atom stereocenters. The van der Waals surface area contributed by atoms with Crippen molar-refractivity contribution in [1.29, 1.82) is 0 Å². The maximum atomic E-state index is 11.5. The number of amides is 1. The summed E-state index contributed by atoms with van der Waals surface area (Å²) in [6, 6.07) is 4.99. The van der Waals surface area contributed by atoms with Gasteiger partial charge in [0.25, 0.3) is 5.91 Å². The second-order valence-corrected chi connectivity index (χ2v) is 4.40. The fraction of sp³-hybridized carbons (Fsp3) is 0.0909. The fourth-order valence-corrected chi connectivity index (χ4v) is 1.73. The summed E-state index contributed by atoms with van der Waals surface area (Å²) >= 11 is 11.7. The van der Waals surface area contributed by atoms with Crippen molar-refractivity contribution in [3.63, 3.8) is 0 Å². The van der Waals surface area contributed by atoms with Crippen LogP contribution in [0, 0.1) is 0 Å². The van der Waals surface area contributed by atoms with Crippen LogP contribution >= 0.6 is 23.2 Å². The SMILES string of the molecule is O=C(Cn1cncn1)N/N=C\c1ccc(Cl)cc1Cl. The number of halogens is 2. The third kappa shape index (κ3) is 4.04. The van der Waals surface area contributed by atoms with Crippen molar-refractivity contribution in [2.75, 3.05) is 0 Å². The quantitative estimate of drug-likeness (QED) is 0.690. The number of aromatic nitrogens is 3. The van der Waals surface area contributed by atoms with Crippen LogP contribution in [0.1, 0.15) is 5.56 Å². The van der Waals surface area contributed by atoms with E-state index >= 15 is 0 Å². The summed E-state index contributed by atoms with van der Waals surface area (Å²) in [5.41, 5.74) is 3.02. The molecule has 1 heterocycles. The van der Waals surface area contributed by atoms with Crippen LogP contribution in [-0.4, -0.2) is 26.9 Å². The van der Waals surface area contributed by atoms with Crippen molar-refractivity contribution in [2.24, 2.45) is 5.10 Å². The minimum absolute atomic E-state index is 0.0473. The lowest BCUT2D eigenvalue weighted by Crippen LogP contribution is -2.23. The second kappa shape index (κ2) is 6.31. The molecule has 1 aromatic carbocycles. The molecule has 98 valence electrons. The van der Waals surface area contributed by atoms with E-state index in [1.54, 1.807) is 18.2 Å². The molecule has 0 bridgehead atoms. The van der Waals surface area contributed by atoms with Crippen LogP contribution in [0.15, 0.2) is 36.0 Å². The van der Waals surface area contributed by atoms with Crippen molar-refractivity contribution in [2.45, 2.75) is 6.54 Å². The Morgan fingerprint density at radius 1 is 1.47 bits per heavy atom. The van der Waals surface area contributed by atoms with Crippen LogP contribution in [0.4, 0.5) is 0 Å². The van der Waals surface area contributed by atoms with E-state index < -0.39 is 0 Å². The summed E-state index contributed by atoms with van der Waals surface area (Å²) in [5, 5.41) is 8.60. The average molecular weight is 298 g/mol. The predicted molar refractivity (Wildman–Crippen MR) is 72.2 cm³/mol. The number of hydrogen-bond donors (Lipinski definition) is 1. The normalized spacial score (nSPS) is 10.8. The Balaban J connectivity index is 1.91. The molecule has 6 nitrogen and oxygen atoms in total. The number of nitrogens with one attached hydrogen (secondary N) is 1. The Morgan fingerprint density at radius 3 is 3.00 bits per heavy atom. The fourth-order valence-electron chi connectivity index (χ4n) is 1.28. The molecule has 2 aromatic rings. The van der Waals surface area contributed by atoms with Gasteiger partial charge < -0.3 is 0 Å². The summed E-state index contributed by atoms with van der Waals surface area (Å²) in [7, 11) is 0. The van der Waals surface area contributed by atoms with Gasteiger partial charge in [-0.15, -0.1) is 0 Å². The number of rotatable bonds is 4. The topological polar surface area (TPSA) is 72.2 Å². The number of carbonyl (C=O) groups is 1. The largest absolute Gasteiger partial charge is 0.271 e. The van der Waals surface area contributed by atoms with E-state index in [0.717, 1.165) is 0 Å². The average Bonchev–Trinajstić information content (AvgIpc) is 2.84. The van der Waals surface area contributed by atoms with Gasteiger partial charge in [0.15, 0.2) is 0 Å². The van der Waals surface area contributed by atoms with E-state index in [-0.39, 0.29) is 12.5 Å². The first-order valence-corrected chi connectivity index (χ1v) is 6.00. The van der Waals surface area contributed by atoms with E-state index in [1.165, 1.54) is 23.6 Å². The number of hydrogen-bond acceptors (Lipinski definition) is 4. The van der Waals surface area contributed by atoms with Gasteiger partial charge in [-0.1, -0.05) is 29.3 Å². The molecular weight excluding hydrogens is 289 g/mol. The Kier molecular flexibility index (Phi) is 4.48. The van der Waals surface area contributed by atoms with E-state index in [9.17, 15) is 4.79 Å². The third-order valence-corrected chi connectivity index (χ3v) is 2.69. The maximum absolute atomic E-state index is 11.5. The van der Waals surface area contributed by atoms with Crippen LogP contribution < -0.4 is 5.43 Å². The number of benzene rings is 1. The molecule has 1 aromatic heterocycles. The van der Waals surface area contributed by atoms with Crippen molar-refractivity contribution < 1.29 is 4.79 Å². The number of carbonyl (C=O) groups excluding carboxylic acids is 1. The molecule has 1 N–H and O–H groups in total. The van der Waals surface area contributed by atoms with Crippen molar-refractivity contribution >= 4 is 35.3 Å². The first-order valence-electron chi connectivity index (χ1n) is 5.24. The van der Waals surface area contributed by atoms with E-state index in [2.05, 4.69) is 20.6 Å². The molecule has 0 saturated heterocycles. The van der Waals surface area contributed by atoms with Gasteiger partial charge in [-0.05, 0) is 12.1 Å². The second-order valence-electron chi connectivity index (χ2n) is 3.55. The van der Waals surface area contributed by atoms with Gasteiger partial charge >= 0.3 is 0 Å². The highest BCUT2D eigenvalue weighted by molar-refractivity contribution is 6.36.